The highest BCUT2D eigenvalue weighted by Gasteiger charge is 2.42. The summed E-state index contributed by atoms with van der Waals surface area (Å²) in [6.07, 6.45) is 4.22. The van der Waals surface area contributed by atoms with E-state index in [-0.39, 0.29) is 5.54 Å². The van der Waals surface area contributed by atoms with Crippen molar-refractivity contribution in [1.29, 1.82) is 0 Å². The Bertz CT molecular complexity index is 316. The van der Waals surface area contributed by atoms with Gasteiger partial charge in [-0.05, 0) is 31.7 Å². The predicted octanol–water partition coefficient (Wildman–Crippen LogP) is 1.71. The average Bonchev–Trinajstić information content (AvgIpc) is 2.88. The Kier molecular flexibility index (Phi) is 5.44. The fourth-order valence-corrected chi connectivity index (χ4v) is 3.69. The minimum Gasteiger partial charge on any atom is -0.339 e. The standard InChI is InChI=1S/C16H31N3O/c1-4-6-16(7-5-8-17-16)15(20)19-11-9-18(10-12-19)13-14(2)3/h14,17H,4-13H2,1-3H3. The highest BCUT2D eigenvalue weighted by atomic mass is 16.2. The molecule has 4 nitrogen and oxygen atoms in total. The van der Waals surface area contributed by atoms with Crippen molar-refractivity contribution in [3.05, 3.63) is 0 Å². The van der Waals surface area contributed by atoms with E-state index in [9.17, 15) is 4.79 Å². The number of nitrogens with one attached hydrogen (secondary N) is 1. The zero-order valence-electron chi connectivity index (χ0n) is 13.5. The lowest BCUT2D eigenvalue weighted by Crippen LogP contribution is -2.59. The molecule has 4 heteroatoms. The highest BCUT2D eigenvalue weighted by molar-refractivity contribution is 5.87. The summed E-state index contributed by atoms with van der Waals surface area (Å²) in [5.41, 5.74) is -0.241. The summed E-state index contributed by atoms with van der Waals surface area (Å²) in [6, 6.07) is 0. The molecule has 0 bridgehead atoms. The van der Waals surface area contributed by atoms with Crippen LogP contribution in [0, 0.1) is 5.92 Å². The minimum atomic E-state index is -0.241. The van der Waals surface area contributed by atoms with E-state index in [0.29, 0.717) is 11.8 Å². The molecular weight excluding hydrogens is 250 g/mol. The molecule has 1 amide bonds. The van der Waals surface area contributed by atoms with Crippen molar-refractivity contribution in [2.45, 2.75) is 52.0 Å². The molecule has 0 aromatic rings. The van der Waals surface area contributed by atoms with Crippen LogP contribution in [-0.4, -0.2) is 60.5 Å². The molecule has 2 rings (SSSR count). The molecule has 0 aliphatic carbocycles. The number of hydrogen-bond acceptors (Lipinski definition) is 3. The Labute approximate surface area is 123 Å². The van der Waals surface area contributed by atoms with Crippen LogP contribution in [-0.2, 0) is 4.79 Å². The number of rotatable bonds is 5. The first-order valence-electron chi connectivity index (χ1n) is 8.34. The number of piperazine rings is 1. The number of amides is 1. The molecule has 1 N–H and O–H groups in total. The van der Waals surface area contributed by atoms with Crippen LogP contribution in [0.25, 0.3) is 0 Å². The number of hydrogen-bond donors (Lipinski definition) is 1. The number of nitrogens with zero attached hydrogens (tertiary/aromatic N) is 2. The van der Waals surface area contributed by atoms with E-state index in [0.717, 1.165) is 65.0 Å². The Morgan fingerprint density at radius 2 is 1.95 bits per heavy atom. The van der Waals surface area contributed by atoms with Crippen molar-refractivity contribution in [2.24, 2.45) is 5.92 Å². The first-order chi connectivity index (χ1) is 9.57. The van der Waals surface area contributed by atoms with Crippen LogP contribution in [0.5, 0.6) is 0 Å². The molecule has 2 aliphatic heterocycles. The quantitative estimate of drug-likeness (QED) is 0.833. The molecule has 0 aromatic carbocycles. The van der Waals surface area contributed by atoms with Crippen molar-refractivity contribution in [1.82, 2.24) is 15.1 Å². The molecule has 0 saturated carbocycles. The van der Waals surface area contributed by atoms with Gasteiger partial charge in [-0.2, -0.15) is 0 Å². The summed E-state index contributed by atoms with van der Waals surface area (Å²) in [6.45, 7) is 12.7. The summed E-state index contributed by atoms with van der Waals surface area (Å²) < 4.78 is 0. The smallest absolute Gasteiger partial charge is 0.242 e. The third-order valence-corrected chi connectivity index (χ3v) is 4.61. The van der Waals surface area contributed by atoms with Gasteiger partial charge in [-0.1, -0.05) is 27.2 Å². The van der Waals surface area contributed by atoms with E-state index in [2.05, 4.69) is 35.9 Å². The molecule has 2 aliphatic rings. The van der Waals surface area contributed by atoms with E-state index in [4.69, 9.17) is 0 Å². The van der Waals surface area contributed by atoms with Crippen LogP contribution in [0.4, 0.5) is 0 Å². The molecule has 2 saturated heterocycles. The Morgan fingerprint density at radius 1 is 1.25 bits per heavy atom. The minimum absolute atomic E-state index is 0.241. The fraction of sp³-hybridized carbons (Fsp3) is 0.938. The van der Waals surface area contributed by atoms with Crippen molar-refractivity contribution >= 4 is 5.91 Å². The second-order valence-electron chi connectivity index (χ2n) is 6.85. The van der Waals surface area contributed by atoms with Gasteiger partial charge in [0, 0.05) is 32.7 Å². The predicted molar refractivity (Wildman–Crippen MR) is 82.7 cm³/mol. The Morgan fingerprint density at radius 3 is 2.45 bits per heavy atom. The number of carbonyl (C=O) groups excluding carboxylic acids is 1. The van der Waals surface area contributed by atoms with Crippen molar-refractivity contribution in [3.8, 4) is 0 Å². The van der Waals surface area contributed by atoms with Gasteiger partial charge in [-0.3, -0.25) is 9.69 Å². The zero-order chi connectivity index (χ0) is 14.6. The van der Waals surface area contributed by atoms with Crippen molar-refractivity contribution in [3.63, 3.8) is 0 Å². The maximum atomic E-state index is 12.9. The van der Waals surface area contributed by atoms with Gasteiger partial charge in [0.2, 0.25) is 5.91 Å². The molecule has 20 heavy (non-hydrogen) atoms. The van der Waals surface area contributed by atoms with E-state index in [1.165, 1.54) is 0 Å². The van der Waals surface area contributed by atoms with E-state index in [1.54, 1.807) is 0 Å². The molecule has 116 valence electrons. The largest absolute Gasteiger partial charge is 0.339 e. The van der Waals surface area contributed by atoms with Crippen molar-refractivity contribution in [2.75, 3.05) is 39.3 Å². The van der Waals surface area contributed by atoms with E-state index < -0.39 is 0 Å². The summed E-state index contributed by atoms with van der Waals surface area (Å²) >= 11 is 0. The summed E-state index contributed by atoms with van der Waals surface area (Å²) in [5, 5.41) is 3.51. The summed E-state index contributed by atoms with van der Waals surface area (Å²) in [7, 11) is 0. The SMILES string of the molecule is CCCC1(C(=O)N2CCN(CC(C)C)CC2)CCCN1. The maximum Gasteiger partial charge on any atom is 0.242 e. The first-order valence-corrected chi connectivity index (χ1v) is 8.34. The normalized spacial score (nSPS) is 28.3. The summed E-state index contributed by atoms with van der Waals surface area (Å²) in [5.74, 6) is 1.07. The van der Waals surface area contributed by atoms with Crippen molar-refractivity contribution < 1.29 is 4.79 Å². The van der Waals surface area contributed by atoms with Gasteiger partial charge in [-0.25, -0.2) is 0 Å². The molecule has 0 spiro atoms. The molecule has 2 heterocycles. The second kappa shape index (κ2) is 6.90. The third kappa shape index (κ3) is 3.53. The van der Waals surface area contributed by atoms with Gasteiger partial charge in [-0.15, -0.1) is 0 Å². The topological polar surface area (TPSA) is 35.6 Å². The Balaban J connectivity index is 1.90. The van der Waals surface area contributed by atoms with Gasteiger partial charge in [0.25, 0.3) is 0 Å². The van der Waals surface area contributed by atoms with E-state index >= 15 is 0 Å². The maximum absolute atomic E-state index is 12.9. The van der Waals surface area contributed by atoms with Gasteiger partial charge >= 0.3 is 0 Å². The van der Waals surface area contributed by atoms with Crippen LogP contribution < -0.4 is 5.32 Å². The molecule has 2 fully saturated rings. The summed E-state index contributed by atoms with van der Waals surface area (Å²) in [4.78, 5) is 17.5. The molecular formula is C16H31N3O. The van der Waals surface area contributed by atoms with E-state index in [1.807, 2.05) is 0 Å². The van der Waals surface area contributed by atoms with Crippen LogP contribution in [0.15, 0.2) is 0 Å². The van der Waals surface area contributed by atoms with Gasteiger partial charge in [0.05, 0.1) is 5.54 Å². The highest BCUT2D eigenvalue weighted by Crippen LogP contribution is 2.27. The molecule has 1 atom stereocenters. The first kappa shape index (κ1) is 15.8. The van der Waals surface area contributed by atoms with Gasteiger partial charge < -0.3 is 10.2 Å². The lowest BCUT2D eigenvalue weighted by atomic mass is 9.90. The van der Waals surface area contributed by atoms with Crippen LogP contribution in [0.2, 0.25) is 0 Å². The van der Waals surface area contributed by atoms with Crippen LogP contribution in [0.3, 0.4) is 0 Å². The third-order valence-electron chi connectivity index (χ3n) is 4.61. The monoisotopic (exact) mass is 281 g/mol. The zero-order valence-corrected chi connectivity index (χ0v) is 13.5. The molecule has 1 unspecified atom stereocenters. The lowest BCUT2D eigenvalue weighted by molar-refractivity contribution is -0.140. The Hall–Kier alpha value is -0.610. The lowest BCUT2D eigenvalue weighted by Gasteiger charge is -2.40. The fourth-order valence-electron chi connectivity index (χ4n) is 3.69. The average molecular weight is 281 g/mol. The second-order valence-corrected chi connectivity index (χ2v) is 6.85. The number of carbonyl (C=O) groups is 1. The van der Waals surface area contributed by atoms with Gasteiger partial charge in [0.1, 0.15) is 0 Å². The van der Waals surface area contributed by atoms with Crippen LogP contribution in [0.1, 0.15) is 46.5 Å². The van der Waals surface area contributed by atoms with Crippen LogP contribution >= 0.6 is 0 Å². The van der Waals surface area contributed by atoms with Gasteiger partial charge in [0.15, 0.2) is 0 Å². The molecule has 0 radical (unpaired) electrons. The molecule has 0 aromatic heterocycles.